The van der Waals surface area contributed by atoms with Crippen LogP contribution in [0.4, 0.5) is 22.1 Å². The van der Waals surface area contributed by atoms with Gasteiger partial charge in [-0.25, -0.2) is 4.79 Å². The molecule has 2 heterocycles. The number of carbonyl (C=O) groups excluding carboxylic acids is 1. The minimum Gasteiger partial charge on any atom is -0.454 e. The highest BCUT2D eigenvalue weighted by molar-refractivity contribution is 5.83. The largest absolute Gasteiger partial charge is 0.454 e. The maximum Gasteiger partial charge on any atom is 0.412 e. The Kier molecular flexibility index (Phi) is 3.42. The van der Waals surface area contributed by atoms with E-state index in [0.29, 0.717) is 23.1 Å². The summed E-state index contributed by atoms with van der Waals surface area (Å²) in [5, 5.41) is 13.3. The standard InChI is InChI=1S/C13H12N4O4/c1-19-13(18)15-12-5-4-11(16-17-12)14-8-2-3-9-10(6-8)21-7-20-9/h2-6H,7H2,1H3,(H,14,16)(H,15,17,18). The summed E-state index contributed by atoms with van der Waals surface area (Å²) >= 11 is 0. The van der Waals surface area contributed by atoms with E-state index in [-0.39, 0.29) is 6.79 Å². The summed E-state index contributed by atoms with van der Waals surface area (Å²) in [6.45, 7) is 0.229. The number of nitrogens with zero attached hydrogens (tertiary/aromatic N) is 2. The van der Waals surface area contributed by atoms with E-state index >= 15 is 0 Å². The molecule has 2 N–H and O–H groups in total. The van der Waals surface area contributed by atoms with Crippen molar-refractivity contribution in [1.82, 2.24) is 10.2 Å². The molecule has 1 amide bonds. The van der Waals surface area contributed by atoms with Gasteiger partial charge in [-0.2, -0.15) is 0 Å². The van der Waals surface area contributed by atoms with Gasteiger partial charge in [0.05, 0.1) is 7.11 Å². The second-order valence-corrected chi connectivity index (χ2v) is 4.11. The van der Waals surface area contributed by atoms with Crippen molar-refractivity contribution in [3.8, 4) is 11.5 Å². The van der Waals surface area contributed by atoms with Crippen LogP contribution in [0.3, 0.4) is 0 Å². The summed E-state index contributed by atoms with van der Waals surface area (Å²) < 4.78 is 15.0. The Morgan fingerprint density at radius 2 is 1.90 bits per heavy atom. The zero-order valence-electron chi connectivity index (χ0n) is 11.1. The molecule has 1 aromatic carbocycles. The smallest absolute Gasteiger partial charge is 0.412 e. The van der Waals surface area contributed by atoms with E-state index in [1.54, 1.807) is 12.1 Å². The average Bonchev–Trinajstić information content (AvgIpc) is 2.96. The van der Waals surface area contributed by atoms with Gasteiger partial charge in [-0.15, -0.1) is 10.2 Å². The highest BCUT2D eigenvalue weighted by atomic mass is 16.7. The second-order valence-electron chi connectivity index (χ2n) is 4.11. The number of methoxy groups -OCH3 is 1. The lowest BCUT2D eigenvalue weighted by Crippen LogP contribution is -2.12. The molecule has 21 heavy (non-hydrogen) atoms. The van der Waals surface area contributed by atoms with Crippen LogP contribution in [0.1, 0.15) is 0 Å². The zero-order chi connectivity index (χ0) is 14.7. The average molecular weight is 288 g/mol. The topological polar surface area (TPSA) is 94.6 Å². The third-order valence-corrected chi connectivity index (χ3v) is 2.73. The van der Waals surface area contributed by atoms with Crippen molar-refractivity contribution in [2.45, 2.75) is 0 Å². The molecule has 8 nitrogen and oxygen atoms in total. The molecule has 0 aliphatic carbocycles. The molecule has 3 rings (SSSR count). The first-order valence-electron chi connectivity index (χ1n) is 6.10. The van der Waals surface area contributed by atoms with Crippen LogP contribution in [0.15, 0.2) is 30.3 Å². The molecule has 0 unspecified atom stereocenters. The van der Waals surface area contributed by atoms with Crippen LogP contribution in [-0.2, 0) is 4.74 Å². The van der Waals surface area contributed by atoms with Gasteiger partial charge < -0.3 is 19.5 Å². The fourth-order valence-electron chi connectivity index (χ4n) is 1.74. The predicted molar refractivity (Wildman–Crippen MR) is 73.9 cm³/mol. The van der Waals surface area contributed by atoms with Gasteiger partial charge in [0.1, 0.15) is 0 Å². The summed E-state index contributed by atoms with van der Waals surface area (Å²) in [4.78, 5) is 11.0. The second kappa shape index (κ2) is 5.53. The molecule has 1 aliphatic heterocycles. The van der Waals surface area contributed by atoms with Gasteiger partial charge in [0, 0.05) is 11.8 Å². The first-order chi connectivity index (χ1) is 10.2. The quantitative estimate of drug-likeness (QED) is 0.893. The lowest BCUT2D eigenvalue weighted by Gasteiger charge is -2.07. The lowest BCUT2D eigenvalue weighted by atomic mass is 10.3. The Morgan fingerprint density at radius 1 is 1.14 bits per heavy atom. The molecule has 0 saturated carbocycles. The van der Waals surface area contributed by atoms with E-state index < -0.39 is 6.09 Å². The van der Waals surface area contributed by atoms with Crippen molar-refractivity contribution in [3.05, 3.63) is 30.3 Å². The molecule has 0 fully saturated rings. The van der Waals surface area contributed by atoms with Gasteiger partial charge in [-0.1, -0.05) is 0 Å². The van der Waals surface area contributed by atoms with E-state index in [1.165, 1.54) is 7.11 Å². The van der Waals surface area contributed by atoms with Crippen LogP contribution >= 0.6 is 0 Å². The Morgan fingerprint density at radius 3 is 2.67 bits per heavy atom. The minimum absolute atomic E-state index is 0.229. The molecule has 0 bridgehead atoms. The van der Waals surface area contributed by atoms with Gasteiger partial charge >= 0.3 is 6.09 Å². The number of ether oxygens (including phenoxy) is 3. The molecule has 0 atom stereocenters. The van der Waals surface area contributed by atoms with Gasteiger partial charge in [0.25, 0.3) is 0 Å². The van der Waals surface area contributed by atoms with Crippen LogP contribution in [0.25, 0.3) is 0 Å². The van der Waals surface area contributed by atoms with E-state index in [4.69, 9.17) is 9.47 Å². The number of hydrogen-bond donors (Lipinski definition) is 2. The van der Waals surface area contributed by atoms with Crippen LogP contribution in [0.5, 0.6) is 11.5 Å². The summed E-state index contributed by atoms with van der Waals surface area (Å²) in [6.07, 6.45) is -0.596. The number of hydrogen-bond acceptors (Lipinski definition) is 7. The number of nitrogens with one attached hydrogen (secondary N) is 2. The van der Waals surface area contributed by atoms with Crippen molar-refractivity contribution in [2.24, 2.45) is 0 Å². The van der Waals surface area contributed by atoms with Crippen molar-refractivity contribution >= 4 is 23.4 Å². The first kappa shape index (κ1) is 13.0. The summed E-state index contributed by atoms with van der Waals surface area (Å²) in [5.74, 6) is 2.23. The molecular weight excluding hydrogens is 276 g/mol. The van der Waals surface area contributed by atoms with Crippen LogP contribution in [0.2, 0.25) is 0 Å². The van der Waals surface area contributed by atoms with Crippen molar-refractivity contribution in [1.29, 1.82) is 0 Å². The third-order valence-electron chi connectivity index (χ3n) is 2.73. The van der Waals surface area contributed by atoms with E-state index in [9.17, 15) is 4.79 Å². The molecule has 8 heteroatoms. The number of benzene rings is 1. The Labute approximate surface area is 120 Å². The normalized spacial score (nSPS) is 11.9. The zero-order valence-corrected chi connectivity index (χ0v) is 11.1. The number of carbonyl (C=O) groups is 1. The molecule has 0 radical (unpaired) electrons. The summed E-state index contributed by atoms with van der Waals surface area (Å²) in [5.41, 5.74) is 0.794. The molecular formula is C13H12N4O4. The van der Waals surface area contributed by atoms with Crippen LogP contribution in [-0.4, -0.2) is 30.2 Å². The molecule has 108 valence electrons. The van der Waals surface area contributed by atoms with Gasteiger partial charge in [0.2, 0.25) is 6.79 Å². The Hall–Kier alpha value is -3.03. The minimum atomic E-state index is -0.596. The van der Waals surface area contributed by atoms with Gasteiger partial charge in [-0.3, -0.25) is 5.32 Å². The van der Waals surface area contributed by atoms with E-state index in [0.717, 1.165) is 5.69 Å². The number of anilines is 3. The third kappa shape index (κ3) is 2.94. The number of rotatable bonds is 3. The Bertz CT molecular complexity index is 660. The fourth-order valence-corrected chi connectivity index (χ4v) is 1.74. The highest BCUT2D eigenvalue weighted by Crippen LogP contribution is 2.34. The van der Waals surface area contributed by atoms with Crippen molar-refractivity contribution in [2.75, 3.05) is 24.5 Å². The van der Waals surface area contributed by atoms with Crippen molar-refractivity contribution < 1.29 is 19.0 Å². The molecule has 0 saturated heterocycles. The SMILES string of the molecule is COC(=O)Nc1ccc(Nc2ccc3c(c2)OCO3)nn1. The van der Waals surface area contributed by atoms with Crippen LogP contribution in [0, 0.1) is 0 Å². The number of amides is 1. The molecule has 0 spiro atoms. The molecule has 2 aromatic rings. The van der Waals surface area contributed by atoms with Gasteiger partial charge in [-0.05, 0) is 24.3 Å². The lowest BCUT2D eigenvalue weighted by molar-refractivity contribution is 0.174. The first-order valence-corrected chi connectivity index (χ1v) is 6.10. The fraction of sp³-hybridized carbons (Fsp3) is 0.154. The monoisotopic (exact) mass is 288 g/mol. The molecule has 1 aromatic heterocycles. The van der Waals surface area contributed by atoms with Gasteiger partial charge in [0.15, 0.2) is 23.1 Å². The Balaban J connectivity index is 1.69. The number of fused-ring (bicyclic) bond motifs is 1. The number of aromatic nitrogens is 2. The maximum atomic E-state index is 11.0. The van der Waals surface area contributed by atoms with E-state index in [2.05, 4.69) is 25.6 Å². The maximum absolute atomic E-state index is 11.0. The summed E-state index contributed by atoms with van der Waals surface area (Å²) in [6, 6.07) is 8.76. The predicted octanol–water partition coefficient (Wildman–Crippen LogP) is 2.13. The highest BCUT2D eigenvalue weighted by Gasteiger charge is 2.13. The summed E-state index contributed by atoms with van der Waals surface area (Å²) in [7, 11) is 1.28. The van der Waals surface area contributed by atoms with Crippen molar-refractivity contribution in [3.63, 3.8) is 0 Å². The van der Waals surface area contributed by atoms with Crippen LogP contribution < -0.4 is 20.1 Å². The molecule has 1 aliphatic rings. The van der Waals surface area contributed by atoms with E-state index in [1.807, 2.05) is 18.2 Å².